The van der Waals surface area contributed by atoms with Gasteiger partial charge in [-0.1, -0.05) is 34.4 Å². The van der Waals surface area contributed by atoms with Crippen LogP contribution in [0.15, 0.2) is 131 Å². The number of rotatable bonds is 30. The first-order valence-corrected chi connectivity index (χ1v) is 37.7. The maximum Gasteiger partial charge on any atom is 0.294 e. The summed E-state index contributed by atoms with van der Waals surface area (Å²) in [5, 5.41) is 30.6. The zero-order valence-corrected chi connectivity index (χ0v) is 59.0. The van der Waals surface area contributed by atoms with Gasteiger partial charge in [-0.15, -0.1) is 20.5 Å². The van der Waals surface area contributed by atoms with Crippen molar-refractivity contribution in [1.29, 1.82) is 0 Å². The van der Waals surface area contributed by atoms with E-state index in [0.29, 0.717) is 112 Å². The van der Waals surface area contributed by atoms with Gasteiger partial charge in [0.25, 0.3) is 42.2 Å². The summed E-state index contributed by atoms with van der Waals surface area (Å²) >= 11 is 3.01. The van der Waals surface area contributed by atoms with Gasteiger partial charge in [-0.2, -0.15) is 50.2 Å². The van der Waals surface area contributed by atoms with Crippen molar-refractivity contribution in [1.82, 2.24) is 24.9 Å². The third-order valence-corrected chi connectivity index (χ3v) is 20.2. The molecule has 0 aliphatic carbocycles. The van der Waals surface area contributed by atoms with E-state index in [1.54, 1.807) is 12.1 Å². The van der Waals surface area contributed by atoms with E-state index in [1.807, 2.05) is 61.8 Å². The van der Waals surface area contributed by atoms with Gasteiger partial charge in [0, 0.05) is 80.9 Å². The molecular formula is C61H69N17O15S6. The smallest absolute Gasteiger partial charge is 0.294 e. The van der Waals surface area contributed by atoms with Crippen LogP contribution in [0, 0.1) is 0 Å². The SMILES string of the molecule is CCN(CC)c1ccc(/N=N/c2nc(N3CCOCC3)c(/C=C(/C(C)=O)C(=O)Nc3ccc(S(=O)(=O)O)cc3)s2)c(Nc2nc(Nc3cc(N(CC)CC)ccc3/N=N/c3nc(N4CCOCC4)c(/C=C(\C(C)=O)C(=O)Nc4ccc(S(=O)(=O)O)cc4)s3)nc(SCCS(=O)(=O)O)n2)c1. The van der Waals surface area contributed by atoms with Crippen molar-refractivity contribution < 1.29 is 67.6 Å². The zero-order chi connectivity index (χ0) is 71.2. The highest BCUT2D eigenvalue weighted by Crippen LogP contribution is 2.41. The molecule has 524 valence electrons. The molecule has 2 saturated heterocycles. The molecule has 3 aromatic heterocycles. The summed E-state index contributed by atoms with van der Waals surface area (Å²) in [7, 11) is -13.4. The highest BCUT2D eigenvalue weighted by atomic mass is 32.2. The first-order valence-electron chi connectivity index (χ1n) is 30.6. The number of hydrogen-bond donors (Lipinski definition) is 7. The topological polar surface area (TPSA) is 425 Å². The average Bonchev–Trinajstić information content (AvgIpc) is 1.77. The van der Waals surface area contributed by atoms with E-state index in [2.05, 4.69) is 61.5 Å². The largest absolute Gasteiger partial charge is 0.378 e. The van der Waals surface area contributed by atoms with Crippen LogP contribution in [0.25, 0.3) is 12.2 Å². The zero-order valence-electron chi connectivity index (χ0n) is 54.1. The minimum Gasteiger partial charge on any atom is -0.378 e. The minimum atomic E-state index is -4.51. The fourth-order valence-corrected chi connectivity index (χ4v) is 14.2. The van der Waals surface area contributed by atoms with Crippen LogP contribution >= 0.6 is 34.4 Å². The fraction of sp³-hybridized carbons (Fsp3) is 0.328. The summed E-state index contributed by atoms with van der Waals surface area (Å²) in [5.74, 6) is -2.89. The maximum absolute atomic E-state index is 13.7. The van der Waals surface area contributed by atoms with Crippen molar-refractivity contribution in [3.05, 3.63) is 106 Å². The molecule has 32 nitrogen and oxygen atoms in total. The summed E-state index contributed by atoms with van der Waals surface area (Å²) < 4.78 is 110. The van der Waals surface area contributed by atoms with Gasteiger partial charge in [0.2, 0.25) is 22.2 Å². The lowest BCUT2D eigenvalue weighted by atomic mass is 10.1. The van der Waals surface area contributed by atoms with Gasteiger partial charge < -0.3 is 50.3 Å². The molecule has 0 bridgehead atoms. The number of azo groups is 2. The van der Waals surface area contributed by atoms with Crippen LogP contribution < -0.4 is 40.9 Å². The van der Waals surface area contributed by atoms with Crippen molar-refractivity contribution in [2.24, 2.45) is 20.5 Å². The van der Waals surface area contributed by atoms with Crippen LogP contribution in [-0.4, -0.2) is 178 Å². The van der Waals surface area contributed by atoms with Crippen LogP contribution in [0.1, 0.15) is 51.3 Å². The summed E-state index contributed by atoms with van der Waals surface area (Å²) in [6.45, 7) is 16.0. The van der Waals surface area contributed by atoms with Gasteiger partial charge in [0.15, 0.2) is 16.7 Å². The molecule has 4 aromatic carbocycles. The number of hydrogen-bond acceptors (Lipinski definition) is 30. The number of amides is 2. The molecule has 7 N–H and O–H groups in total. The van der Waals surface area contributed by atoms with Crippen LogP contribution in [0.4, 0.5) is 79.3 Å². The van der Waals surface area contributed by atoms with Crippen molar-refractivity contribution in [3.8, 4) is 0 Å². The number of anilines is 10. The molecule has 7 aromatic rings. The Morgan fingerprint density at radius 2 is 0.939 bits per heavy atom. The maximum atomic E-state index is 13.7. The highest BCUT2D eigenvalue weighted by molar-refractivity contribution is 8.00. The second-order valence-corrected chi connectivity index (χ2v) is 29.0. The highest BCUT2D eigenvalue weighted by Gasteiger charge is 2.26. The molecule has 5 heterocycles. The number of nitrogens with one attached hydrogen (secondary N) is 4. The van der Waals surface area contributed by atoms with E-state index in [9.17, 15) is 58.1 Å². The number of carbonyl (C=O) groups excluding carboxylic acids is 4. The van der Waals surface area contributed by atoms with E-state index in [0.717, 1.165) is 70.1 Å². The van der Waals surface area contributed by atoms with Gasteiger partial charge in [-0.05, 0) is 139 Å². The van der Waals surface area contributed by atoms with Crippen molar-refractivity contribution in [2.45, 2.75) is 56.5 Å². The summed E-state index contributed by atoms with van der Waals surface area (Å²) in [4.78, 5) is 85.6. The Labute approximate surface area is 582 Å². The average molecular weight is 1470 g/mol. The molecule has 0 spiro atoms. The molecule has 2 aliphatic heterocycles. The fourth-order valence-electron chi connectivity index (χ4n) is 9.83. The number of ether oxygens (including phenoxy) is 2. The molecule has 0 saturated carbocycles. The van der Waals surface area contributed by atoms with Gasteiger partial charge >= 0.3 is 0 Å². The Morgan fingerprint density at radius 3 is 1.28 bits per heavy atom. The molecule has 99 heavy (non-hydrogen) atoms. The lowest BCUT2D eigenvalue weighted by Crippen LogP contribution is -2.36. The monoisotopic (exact) mass is 1470 g/mol. The number of morpholine rings is 2. The van der Waals surface area contributed by atoms with Gasteiger partial charge in [0.1, 0.15) is 23.0 Å². The molecule has 0 atom stereocenters. The van der Waals surface area contributed by atoms with E-state index >= 15 is 0 Å². The van der Waals surface area contributed by atoms with Crippen molar-refractivity contribution >= 4 is 180 Å². The standard InChI is InChI=1S/C61H69N17O15S6/c1-7-75(8-2)41-15-21-47(71-73-60-66-53(77-23-27-92-28-24-77)51(95-60)35-45(37(5)79)55(81)62-39-11-17-43(18-12-39)98(86,87)88)49(33-41)64-57-68-58(70-59(69-57)94-31-32-97(83,84)85)65-50-34-42(76(9-3)10-4)16-22-48(50)72-74-61-67-54(78-25-29-93-30-26-78)52(96-61)36-46(38(6)80)56(82)63-40-13-19-44(20-14-40)99(89,90)91/h11-22,33-36H,7-10,23-32H2,1-6H3,(H,62,81)(H,63,82)(H,83,84,85)(H,86,87,88)(H,89,90,91)(H2,64,65,68,69,70)/b45-35-,46-36+,73-71+,74-72+. The van der Waals surface area contributed by atoms with E-state index in [4.69, 9.17) is 24.4 Å². The van der Waals surface area contributed by atoms with Crippen LogP contribution in [0.3, 0.4) is 0 Å². The molecular weight excluding hydrogens is 1400 g/mol. The first kappa shape index (κ1) is 74.1. The Kier molecular flexibility index (Phi) is 24.8. The van der Waals surface area contributed by atoms with Crippen LogP contribution in [0.5, 0.6) is 0 Å². The third-order valence-electron chi connectivity index (χ3n) is 14.9. The number of carbonyl (C=O) groups is 4. The van der Waals surface area contributed by atoms with Crippen molar-refractivity contribution in [2.75, 3.05) is 131 Å². The Morgan fingerprint density at radius 1 is 0.556 bits per heavy atom. The second-order valence-electron chi connectivity index (χ2n) is 21.5. The van der Waals surface area contributed by atoms with Crippen LogP contribution in [0.2, 0.25) is 0 Å². The normalized spacial score (nSPS) is 14.2. The number of aromatic nitrogens is 5. The Bertz CT molecular complexity index is 4340. The predicted octanol–water partition coefficient (Wildman–Crippen LogP) is 10.2. The van der Waals surface area contributed by atoms with Crippen molar-refractivity contribution in [3.63, 3.8) is 0 Å². The molecule has 2 aliphatic rings. The van der Waals surface area contributed by atoms with Gasteiger partial charge in [-0.3, -0.25) is 32.8 Å². The van der Waals surface area contributed by atoms with Crippen LogP contribution in [-0.2, 0) is 59.0 Å². The molecule has 9 rings (SSSR count). The lowest BCUT2D eigenvalue weighted by Gasteiger charge is -2.27. The second kappa shape index (κ2) is 33.2. The predicted molar refractivity (Wildman–Crippen MR) is 379 cm³/mol. The quantitative estimate of drug-likeness (QED) is 0.00549. The Hall–Kier alpha value is -9.09. The number of Topliss-reactive ketones (excluding diaryl/α,β-unsaturated/α-hetero) is 2. The summed E-state index contributed by atoms with van der Waals surface area (Å²) in [5.41, 5.74) is 2.56. The number of benzene rings is 4. The number of thioether (sulfide) groups is 1. The van der Waals surface area contributed by atoms with E-state index in [-0.39, 0.29) is 67.0 Å². The Balaban J connectivity index is 1.07. The molecule has 0 unspecified atom stereocenters. The lowest BCUT2D eigenvalue weighted by molar-refractivity contribution is -0.120. The van der Waals surface area contributed by atoms with E-state index in [1.165, 1.54) is 50.3 Å². The molecule has 2 fully saturated rings. The number of nitrogens with zero attached hydrogens (tertiary/aromatic N) is 13. The molecule has 0 radical (unpaired) electrons. The van der Waals surface area contributed by atoms with Gasteiger partial charge in [-0.25, -0.2) is 0 Å². The summed E-state index contributed by atoms with van der Waals surface area (Å²) in [6.07, 6.45) is 2.78. The van der Waals surface area contributed by atoms with E-state index < -0.39 is 69.3 Å². The third kappa shape index (κ3) is 20.3. The summed E-state index contributed by atoms with van der Waals surface area (Å²) in [6, 6.07) is 20.2. The first-order chi connectivity index (χ1) is 47.2. The molecule has 2 amide bonds. The minimum absolute atomic E-state index is 0.0326. The number of ketones is 2. The number of thiazole rings is 2. The van der Waals surface area contributed by atoms with Gasteiger partial charge in [0.05, 0.1) is 74.2 Å². The molecule has 38 heteroatoms.